The summed E-state index contributed by atoms with van der Waals surface area (Å²) in [6.45, 7) is 0. The molecule has 28 heavy (non-hydrogen) atoms. The van der Waals surface area contributed by atoms with E-state index in [0.29, 0.717) is 39.8 Å². The largest absolute Gasteiger partial charge is 0.493 e. The lowest BCUT2D eigenvalue weighted by molar-refractivity contribution is 0.338. The van der Waals surface area contributed by atoms with Crippen molar-refractivity contribution in [3.63, 3.8) is 0 Å². The zero-order valence-corrected chi connectivity index (χ0v) is 17.0. The highest BCUT2D eigenvalue weighted by molar-refractivity contribution is 7.94. The minimum Gasteiger partial charge on any atom is -0.493 e. The normalized spacial score (nSPS) is 14.5. The number of hydrogen-bond acceptors (Lipinski definition) is 8. The van der Waals surface area contributed by atoms with Crippen molar-refractivity contribution >= 4 is 27.0 Å². The molecule has 2 heterocycles. The second-order valence-electron chi connectivity index (χ2n) is 6.37. The van der Waals surface area contributed by atoms with Gasteiger partial charge in [-0.15, -0.1) is 21.5 Å². The van der Waals surface area contributed by atoms with E-state index in [2.05, 4.69) is 14.9 Å². The van der Waals surface area contributed by atoms with Crippen LogP contribution in [0.2, 0.25) is 0 Å². The molecule has 1 aliphatic carbocycles. The summed E-state index contributed by atoms with van der Waals surface area (Å²) >= 11 is 1.08. The Kier molecular flexibility index (Phi) is 4.98. The maximum atomic E-state index is 12.7. The molecule has 0 aliphatic heterocycles. The molecule has 0 saturated heterocycles. The first-order valence-corrected chi connectivity index (χ1v) is 11.0. The minimum atomic E-state index is -3.77. The molecule has 1 N–H and O–H groups in total. The minimum absolute atomic E-state index is 0.153. The average Bonchev–Trinajstić information content (AvgIpc) is 3.29. The third-order valence-electron chi connectivity index (χ3n) is 4.59. The summed E-state index contributed by atoms with van der Waals surface area (Å²) in [7, 11) is -0.759. The zero-order chi connectivity index (χ0) is 19.7. The third kappa shape index (κ3) is 3.57. The smallest absolute Gasteiger partial charge is 0.271 e. The Balaban J connectivity index is 1.54. The number of rotatable bonds is 7. The molecular weight excluding hydrogens is 402 g/mol. The SMILES string of the molecule is COc1ccc(NS(=O)(=O)c2ccc(-c3nnc(C4CCC4)o3)s2)cc1OC. The first kappa shape index (κ1) is 18.8. The van der Waals surface area contributed by atoms with E-state index in [9.17, 15) is 8.42 Å². The van der Waals surface area contributed by atoms with Gasteiger partial charge in [-0.05, 0) is 37.1 Å². The highest BCUT2D eigenvalue weighted by Crippen LogP contribution is 2.38. The summed E-state index contributed by atoms with van der Waals surface area (Å²) in [5, 5.41) is 8.15. The molecule has 1 aromatic carbocycles. The number of methoxy groups -OCH3 is 2. The van der Waals surface area contributed by atoms with Gasteiger partial charge in [-0.2, -0.15) is 0 Å². The molecule has 4 rings (SSSR count). The molecule has 0 radical (unpaired) electrons. The summed E-state index contributed by atoms with van der Waals surface area (Å²) in [5.74, 6) is 2.25. The number of ether oxygens (including phenoxy) is 2. The van der Waals surface area contributed by atoms with Gasteiger partial charge in [-0.3, -0.25) is 4.72 Å². The molecule has 8 nitrogen and oxygen atoms in total. The maximum Gasteiger partial charge on any atom is 0.271 e. The summed E-state index contributed by atoms with van der Waals surface area (Å²) in [6, 6.07) is 8.00. The van der Waals surface area contributed by atoms with Crippen LogP contribution in [0.25, 0.3) is 10.8 Å². The summed E-state index contributed by atoms with van der Waals surface area (Å²) < 4.78 is 44.3. The van der Waals surface area contributed by atoms with Crippen LogP contribution in [0.15, 0.2) is 39.0 Å². The van der Waals surface area contributed by atoms with E-state index < -0.39 is 10.0 Å². The molecule has 3 aromatic rings. The van der Waals surface area contributed by atoms with Crippen LogP contribution >= 0.6 is 11.3 Å². The van der Waals surface area contributed by atoms with E-state index in [1.165, 1.54) is 26.7 Å². The quantitative estimate of drug-likeness (QED) is 0.617. The van der Waals surface area contributed by atoms with Gasteiger partial charge in [0, 0.05) is 12.0 Å². The maximum absolute atomic E-state index is 12.7. The lowest BCUT2D eigenvalue weighted by atomic mass is 9.85. The fourth-order valence-corrected chi connectivity index (χ4v) is 5.12. The van der Waals surface area contributed by atoms with Crippen LogP contribution in [-0.2, 0) is 10.0 Å². The number of thiophene rings is 1. The molecule has 0 amide bonds. The first-order valence-electron chi connectivity index (χ1n) is 8.68. The predicted molar refractivity (Wildman–Crippen MR) is 105 cm³/mol. The molecule has 1 fully saturated rings. The first-order chi connectivity index (χ1) is 13.5. The monoisotopic (exact) mass is 421 g/mol. The standard InChI is InChI=1S/C18H19N3O5S2/c1-24-13-7-6-12(10-14(13)25-2)21-28(22,23)16-9-8-15(27-16)18-20-19-17(26-18)11-4-3-5-11/h6-11,21H,3-5H2,1-2H3. The Bertz CT molecular complexity index is 1090. The summed E-state index contributed by atoms with van der Waals surface area (Å²) in [4.78, 5) is 0.616. The van der Waals surface area contributed by atoms with Crippen molar-refractivity contribution in [3.05, 3.63) is 36.2 Å². The number of anilines is 1. The molecule has 0 atom stereocenters. The Hall–Kier alpha value is -2.59. The van der Waals surface area contributed by atoms with Crippen LogP contribution in [0, 0.1) is 0 Å². The lowest BCUT2D eigenvalue weighted by Gasteiger charge is -2.20. The number of nitrogens with one attached hydrogen (secondary N) is 1. The van der Waals surface area contributed by atoms with Gasteiger partial charge in [0.25, 0.3) is 15.9 Å². The molecule has 10 heteroatoms. The van der Waals surface area contributed by atoms with E-state index in [1.54, 1.807) is 24.3 Å². The highest BCUT2D eigenvalue weighted by atomic mass is 32.2. The Morgan fingerprint density at radius 2 is 1.89 bits per heavy atom. The van der Waals surface area contributed by atoms with Gasteiger partial charge in [0.1, 0.15) is 4.21 Å². The predicted octanol–water partition coefficient (Wildman–Crippen LogP) is 3.88. The van der Waals surface area contributed by atoms with Crippen LogP contribution in [0.1, 0.15) is 31.1 Å². The van der Waals surface area contributed by atoms with Gasteiger partial charge in [0.2, 0.25) is 5.89 Å². The van der Waals surface area contributed by atoms with Crippen LogP contribution < -0.4 is 14.2 Å². The fourth-order valence-electron chi connectivity index (χ4n) is 2.84. The van der Waals surface area contributed by atoms with Gasteiger partial charge in [0.05, 0.1) is 24.8 Å². The van der Waals surface area contributed by atoms with Gasteiger partial charge in [-0.1, -0.05) is 6.42 Å². The Labute approximate surface area is 166 Å². The van der Waals surface area contributed by atoms with Crippen LogP contribution in [-0.4, -0.2) is 32.8 Å². The van der Waals surface area contributed by atoms with Crippen LogP contribution in [0.4, 0.5) is 5.69 Å². The molecule has 0 bridgehead atoms. The van der Waals surface area contributed by atoms with Gasteiger partial charge in [0.15, 0.2) is 11.5 Å². The molecule has 148 valence electrons. The molecular formula is C18H19N3O5S2. The summed E-state index contributed by atoms with van der Waals surface area (Å²) in [5.41, 5.74) is 0.373. The van der Waals surface area contributed by atoms with Crippen molar-refractivity contribution in [2.75, 3.05) is 18.9 Å². The Morgan fingerprint density at radius 3 is 2.57 bits per heavy atom. The second kappa shape index (κ2) is 7.44. The Morgan fingerprint density at radius 1 is 1.11 bits per heavy atom. The van der Waals surface area contributed by atoms with Crippen molar-refractivity contribution in [2.45, 2.75) is 29.4 Å². The van der Waals surface area contributed by atoms with Crippen molar-refractivity contribution in [3.8, 4) is 22.3 Å². The van der Waals surface area contributed by atoms with Gasteiger partial charge in [-0.25, -0.2) is 8.42 Å². The van der Waals surface area contributed by atoms with Crippen LogP contribution in [0.5, 0.6) is 11.5 Å². The van der Waals surface area contributed by atoms with Crippen molar-refractivity contribution in [2.24, 2.45) is 0 Å². The van der Waals surface area contributed by atoms with E-state index in [1.807, 2.05) is 0 Å². The molecule has 0 unspecified atom stereocenters. The van der Waals surface area contributed by atoms with Crippen LogP contribution in [0.3, 0.4) is 0 Å². The molecule has 2 aromatic heterocycles. The van der Waals surface area contributed by atoms with E-state index in [4.69, 9.17) is 13.9 Å². The fraction of sp³-hybridized carbons (Fsp3) is 0.333. The topological polar surface area (TPSA) is 104 Å². The highest BCUT2D eigenvalue weighted by Gasteiger charge is 2.26. The molecule has 1 saturated carbocycles. The van der Waals surface area contributed by atoms with Gasteiger partial charge < -0.3 is 13.9 Å². The average molecular weight is 422 g/mol. The van der Waals surface area contributed by atoms with Crippen molar-refractivity contribution in [1.29, 1.82) is 0 Å². The molecule has 1 aliphatic rings. The van der Waals surface area contributed by atoms with E-state index >= 15 is 0 Å². The van der Waals surface area contributed by atoms with E-state index in [-0.39, 0.29) is 4.21 Å². The zero-order valence-electron chi connectivity index (χ0n) is 15.3. The van der Waals surface area contributed by atoms with E-state index in [0.717, 1.165) is 24.2 Å². The summed E-state index contributed by atoms with van der Waals surface area (Å²) in [6.07, 6.45) is 3.29. The number of sulfonamides is 1. The number of aromatic nitrogens is 2. The number of benzene rings is 1. The second-order valence-corrected chi connectivity index (χ2v) is 9.36. The number of hydrogen-bond donors (Lipinski definition) is 1. The lowest BCUT2D eigenvalue weighted by Crippen LogP contribution is -2.11. The third-order valence-corrected chi connectivity index (χ3v) is 7.53. The van der Waals surface area contributed by atoms with Crippen molar-refractivity contribution < 1.29 is 22.3 Å². The van der Waals surface area contributed by atoms with Gasteiger partial charge >= 0.3 is 0 Å². The van der Waals surface area contributed by atoms with Crippen molar-refractivity contribution in [1.82, 2.24) is 10.2 Å². The number of nitrogens with zero attached hydrogens (tertiary/aromatic N) is 2. The molecule has 0 spiro atoms.